The molecule has 1 fully saturated rings. The van der Waals surface area contributed by atoms with Crippen LogP contribution in [0.1, 0.15) is 0 Å². The molecule has 1 aliphatic heterocycles. The van der Waals surface area contributed by atoms with Crippen LogP contribution in [0, 0.1) is 5.82 Å². The van der Waals surface area contributed by atoms with Gasteiger partial charge in [-0.15, -0.1) is 0 Å². The molecule has 1 heterocycles. The second kappa shape index (κ2) is 6.13. The standard InChI is InChI=1S/C12H15ClFN3O/c13-9-2-1-3-10(14)12(9)16-11(18)8-17-6-4-15-5-7-17/h1-3,15H,4-8H2,(H,16,18). The van der Waals surface area contributed by atoms with Gasteiger partial charge in [-0.05, 0) is 12.1 Å². The normalized spacial score (nSPS) is 16.6. The van der Waals surface area contributed by atoms with E-state index in [-0.39, 0.29) is 23.2 Å². The number of carbonyl (C=O) groups excluding carboxylic acids is 1. The van der Waals surface area contributed by atoms with Crippen molar-refractivity contribution in [3.63, 3.8) is 0 Å². The lowest BCUT2D eigenvalue weighted by Crippen LogP contribution is -2.46. The highest BCUT2D eigenvalue weighted by atomic mass is 35.5. The predicted molar refractivity (Wildman–Crippen MR) is 69.3 cm³/mol. The molecular formula is C12H15ClFN3O. The van der Waals surface area contributed by atoms with E-state index in [1.165, 1.54) is 12.1 Å². The second-order valence-corrected chi connectivity index (χ2v) is 4.58. The van der Waals surface area contributed by atoms with Gasteiger partial charge in [-0.25, -0.2) is 4.39 Å². The Balaban J connectivity index is 1.94. The first-order valence-electron chi connectivity index (χ1n) is 5.84. The van der Waals surface area contributed by atoms with E-state index in [1.807, 2.05) is 4.90 Å². The van der Waals surface area contributed by atoms with Crippen molar-refractivity contribution < 1.29 is 9.18 Å². The summed E-state index contributed by atoms with van der Waals surface area (Å²) in [6.45, 7) is 3.63. The van der Waals surface area contributed by atoms with E-state index in [2.05, 4.69) is 10.6 Å². The van der Waals surface area contributed by atoms with Gasteiger partial charge in [-0.1, -0.05) is 17.7 Å². The minimum Gasteiger partial charge on any atom is -0.321 e. The quantitative estimate of drug-likeness (QED) is 0.872. The highest BCUT2D eigenvalue weighted by Gasteiger charge is 2.15. The molecule has 0 spiro atoms. The number of hydrogen-bond acceptors (Lipinski definition) is 3. The maximum Gasteiger partial charge on any atom is 0.238 e. The van der Waals surface area contributed by atoms with Crippen molar-refractivity contribution in [2.45, 2.75) is 0 Å². The monoisotopic (exact) mass is 271 g/mol. The number of carbonyl (C=O) groups is 1. The molecule has 18 heavy (non-hydrogen) atoms. The van der Waals surface area contributed by atoms with Crippen LogP contribution in [0.15, 0.2) is 18.2 Å². The molecule has 2 rings (SSSR count). The predicted octanol–water partition coefficient (Wildman–Crippen LogP) is 1.32. The fourth-order valence-corrected chi connectivity index (χ4v) is 2.08. The molecule has 1 aromatic carbocycles. The van der Waals surface area contributed by atoms with Gasteiger partial charge in [0.2, 0.25) is 5.91 Å². The first-order chi connectivity index (χ1) is 8.66. The Bertz CT molecular complexity index is 415. The van der Waals surface area contributed by atoms with Crippen LogP contribution >= 0.6 is 11.6 Å². The van der Waals surface area contributed by atoms with Gasteiger partial charge in [-0.2, -0.15) is 0 Å². The number of nitrogens with one attached hydrogen (secondary N) is 2. The van der Waals surface area contributed by atoms with Gasteiger partial charge in [0.15, 0.2) is 0 Å². The SMILES string of the molecule is O=C(CN1CCNCC1)Nc1c(F)cccc1Cl. The Kier molecular flexibility index (Phi) is 4.52. The van der Waals surface area contributed by atoms with E-state index < -0.39 is 5.82 Å². The van der Waals surface area contributed by atoms with Crippen LogP contribution in [0.25, 0.3) is 0 Å². The molecule has 0 bridgehead atoms. The number of para-hydroxylation sites is 1. The summed E-state index contributed by atoms with van der Waals surface area (Å²) in [7, 11) is 0. The molecule has 2 N–H and O–H groups in total. The minimum atomic E-state index is -0.517. The van der Waals surface area contributed by atoms with Crippen molar-refractivity contribution in [3.8, 4) is 0 Å². The smallest absolute Gasteiger partial charge is 0.238 e. The van der Waals surface area contributed by atoms with Crippen molar-refractivity contribution in [1.29, 1.82) is 0 Å². The molecule has 0 aliphatic carbocycles. The maximum atomic E-state index is 13.5. The Morgan fingerprint density at radius 3 is 2.83 bits per heavy atom. The van der Waals surface area contributed by atoms with E-state index in [4.69, 9.17) is 11.6 Å². The van der Waals surface area contributed by atoms with E-state index in [1.54, 1.807) is 6.07 Å². The third kappa shape index (κ3) is 3.41. The molecule has 6 heteroatoms. The Morgan fingerprint density at radius 1 is 1.44 bits per heavy atom. The lowest BCUT2D eigenvalue weighted by Gasteiger charge is -2.26. The van der Waals surface area contributed by atoms with Crippen molar-refractivity contribution in [1.82, 2.24) is 10.2 Å². The summed E-state index contributed by atoms with van der Waals surface area (Å²) < 4.78 is 13.5. The van der Waals surface area contributed by atoms with Gasteiger partial charge in [0.1, 0.15) is 5.82 Å². The molecule has 1 saturated heterocycles. The lowest BCUT2D eigenvalue weighted by molar-refractivity contribution is -0.117. The summed E-state index contributed by atoms with van der Waals surface area (Å²) in [5.41, 5.74) is 0.0549. The van der Waals surface area contributed by atoms with E-state index in [9.17, 15) is 9.18 Å². The van der Waals surface area contributed by atoms with E-state index in [0.717, 1.165) is 26.2 Å². The van der Waals surface area contributed by atoms with Crippen LogP contribution in [-0.4, -0.2) is 43.5 Å². The molecule has 1 aliphatic rings. The summed E-state index contributed by atoms with van der Waals surface area (Å²) >= 11 is 5.84. The zero-order chi connectivity index (χ0) is 13.0. The molecule has 1 amide bonds. The van der Waals surface area contributed by atoms with Crippen LogP contribution in [0.4, 0.5) is 10.1 Å². The average molecular weight is 272 g/mol. The van der Waals surface area contributed by atoms with Crippen LogP contribution < -0.4 is 10.6 Å². The number of benzene rings is 1. The molecule has 1 aromatic rings. The zero-order valence-corrected chi connectivity index (χ0v) is 10.6. The third-order valence-electron chi connectivity index (χ3n) is 2.80. The van der Waals surface area contributed by atoms with Crippen molar-refractivity contribution in [3.05, 3.63) is 29.0 Å². The number of halogens is 2. The van der Waals surface area contributed by atoms with Crippen LogP contribution in [-0.2, 0) is 4.79 Å². The highest BCUT2D eigenvalue weighted by molar-refractivity contribution is 6.33. The number of piperazine rings is 1. The Labute approximate surface area is 110 Å². The molecule has 0 aromatic heterocycles. The summed E-state index contributed by atoms with van der Waals surface area (Å²) in [5.74, 6) is -0.764. The number of nitrogens with zero attached hydrogens (tertiary/aromatic N) is 1. The fourth-order valence-electron chi connectivity index (χ4n) is 1.87. The van der Waals surface area contributed by atoms with Crippen molar-refractivity contribution in [2.24, 2.45) is 0 Å². The lowest BCUT2D eigenvalue weighted by atomic mass is 10.3. The van der Waals surface area contributed by atoms with Gasteiger partial charge in [0.05, 0.1) is 17.3 Å². The minimum absolute atomic E-state index is 0.0549. The van der Waals surface area contributed by atoms with E-state index >= 15 is 0 Å². The van der Waals surface area contributed by atoms with Gasteiger partial charge in [0, 0.05) is 26.2 Å². The molecular weight excluding hydrogens is 257 g/mol. The molecule has 0 radical (unpaired) electrons. The van der Waals surface area contributed by atoms with Crippen LogP contribution in [0.5, 0.6) is 0 Å². The van der Waals surface area contributed by atoms with Gasteiger partial charge >= 0.3 is 0 Å². The van der Waals surface area contributed by atoms with Gasteiger partial charge < -0.3 is 10.6 Å². The molecule has 98 valence electrons. The molecule has 0 unspecified atom stereocenters. The Morgan fingerprint density at radius 2 is 2.17 bits per heavy atom. The highest BCUT2D eigenvalue weighted by Crippen LogP contribution is 2.24. The Hall–Kier alpha value is -1.17. The molecule has 4 nitrogen and oxygen atoms in total. The number of hydrogen-bond donors (Lipinski definition) is 2. The first kappa shape index (κ1) is 13.3. The zero-order valence-electron chi connectivity index (χ0n) is 9.88. The molecule has 0 atom stereocenters. The summed E-state index contributed by atoms with van der Waals surface area (Å²) in [6.07, 6.45) is 0. The summed E-state index contributed by atoms with van der Waals surface area (Å²) in [4.78, 5) is 13.8. The number of rotatable bonds is 3. The molecule has 0 saturated carbocycles. The van der Waals surface area contributed by atoms with Crippen LogP contribution in [0.3, 0.4) is 0 Å². The average Bonchev–Trinajstić information content (AvgIpc) is 2.35. The summed E-state index contributed by atoms with van der Waals surface area (Å²) in [6, 6.07) is 4.32. The maximum absolute atomic E-state index is 13.5. The van der Waals surface area contributed by atoms with Crippen molar-refractivity contribution >= 4 is 23.2 Å². The number of amides is 1. The van der Waals surface area contributed by atoms with Gasteiger partial charge in [-0.3, -0.25) is 9.69 Å². The van der Waals surface area contributed by atoms with Crippen LogP contribution in [0.2, 0.25) is 5.02 Å². The first-order valence-corrected chi connectivity index (χ1v) is 6.21. The topological polar surface area (TPSA) is 44.4 Å². The van der Waals surface area contributed by atoms with E-state index in [0.29, 0.717) is 0 Å². The van der Waals surface area contributed by atoms with Gasteiger partial charge in [0.25, 0.3) is 0 Å². The summed E-state index contributed by atoms with van der Waals surface area (Å²) in [5, 5.41) is 5.93. The number of anilines is 1. The third-order valence-corrected chi connectivity index (χ3v) is 3.12. The second-order valence-electron chi connectivity index (χ2n) is 4.17. The fraction of sp³-hybridized carbons (Fsp3) is 0.417. The largest absolute Gasteiger partial charge is 0.321 e. The van der Waals surface area contributed by atoms with Crippen molar-refractivity contribution in [2.75, 3.05) is 38.0 Å².